The Labute approximate surface area is 153 Å². The van der Waals surface area contributed by atoms with Crippen molar-refractivity contribution < 1.29 is 23.1 Å². The molecular weight excluding hydrogens is 363 g/mol. The van der Waals surface area contributed by atoms with Crippen LogP contribution in [0.4, 0.5) is 23.8 Å². The third-order valence-electron chi connectivity index (χ3n) is 4.58. The fourth-order valence-electron chi connectivity index (χ4n) is 2.58. The van der Waals surface area contributed by atoms with E-state index in [2.05, 4.69) is 20.7 Å². The summed E-state index contributed by atoms with van der Waals surface area (Å²) in [6.07, 6.45) is -0.0267. The molecular formula is C17H20F3N5O2. The van der Waals surface area contributed by atoms with Crippen molar-refractivity contribution in [3.05, 3.63) is 36.3 Å². The molecule has 2 atom stereocenters. The molecule has 2 amide bonds. The minimum atomic E-state index is -4.87. The minimum Gasteiger partial charge on any atom is -0.375 e. The van der Waals surface area contributed by atoms with E-state index in [-0.39, 0.29) is 17.5 Å². The van der Waals surface area contributed by atoms with Crippen molar-refractivity contribution >= 4 is 11.8 Å². The molecule has 1 saturated carbocycles. The van der Waals surface area contributed by atoms with E-state index in [0.29, 0.717) is 12.8 Å². The van der Waals surface area contributed by atoms with Crippen LogP contribution in [0.5, 0.6) is 0 Å². The molecule has 0 aliphatic heterocycles. The molecule has 2 heterocycles. The summed E-state index contributed by atoms with van der Waals surface area (Å²) in [6, 6.07) is 3.74. The average Bonchev–Trinajstić information content (AvgIpc) is 3.34. The largest absolute Gasteiger partial charge is 0.422 e. The molecule has 1 fully saturated rings. The number of aromatic nitrogens is 3. The maximum atomic E-state index is 13.0. The number of alkyl halides is 3. The third kappa shape index (κ3) is 4.21. The Bertz CT molecular complexity index is 830. The molecule has 2 aromatic heterocycles. The molecule has 0 radical (unpaired) electrons. The van der Waals surface area contributed by atoms with Gasteiger partial charge < -0.3 is 10.4 Å². The molecule has 0 bridgehead atoms. The molecule has 0 aromatic carbocycles. The van der Waals surface area contributed by atoms with Crippen molar-refractivity contribution in [3.63, 3.8) is 0 Å². The number of halogens is 3. The summed E-state index contributed by atoms with van der Waals surface area (Å²) in [7, 11) is 0. The normalized spacial score (nSPS) is 17.9. The molecule has 1 aliphatic rings. The van der Waals surface area contributed by atoms with Crippen LogP contribution in [0, 0.1) is 5.92 Å². The SMILES string of the molecule is C[C@H](NC(=O)Nc1ccn(-c2ccnc(C(C)(O)C(F)(F)F)c2)n1)C1CC1. The second-order valence-electron chi connectivity index (χ2n) is 6.84. The van der Waals surface area contributed by atoms with Gasteiger partial charge >= 0.3 is 12.2 Å². The zero-order valence-electron chi connectivity index (χ0n) is 14.8. The summed E-state index contributed by atoms with van der Waals surface area (Å²) < 4.78 is 40.3. The van der Waals surface area contributed by atoms with Gasteiger partial charge in [-0.1, -0.05) is 0 Å². The van der Waals surface area contributed by atoms with Crippen molar-refractivity contribution in [3.8, 4) is 5.69 Å². The van der Waals surface area contributed by atoms with Crippen molar-refractivity contribution in [1.82, 2.24) is 20.1 Å². The summed E-state index contributed by atoms with van der Waals surface area (Å²) in [5.74, 6) is 0.751. The van der Waals surface area contributed by atoms with E-state index in [4.69, 9.17) is 0 Å². The lowest BCUT2D eigenvalue weighted by atomic mass is 10.0. The smallest absolute Gasteiger partial charge is 0.375 e. The molecule has 27 heavy (non-hydrogen) atoms. The zero-order valence-corrected chi connectivity index (χ0v) is 14.8. The van der Waals surface area contributed by atoms with Gasteiger partial charge in [-0.05, 0) is 44.7 Å². The molecule has 7 nitrogen and oxygen atoms in total. The van der Waals surface area contributed by atoms with Gasteiger partial charge in [-0.25, -0.2) is 9.48 Å². The van der Waals surface area contributed by atoms with Gasteiger partial charge in [0.15, 0.2) is 11.4 Å². The summed E-state index contributed by atoms with van der Waals surface area (Å²) in [5, 5.41) is 19.3. The molecule has 3 N–H and O–H groups in total. The first-order valence-corrected chi connectivity index (χ1v) is 8.47. The first-order chi connectivity index (χ1) is 12.6. The zero-order chi connectivity index (χ0) is 19.8. The van der Waals surface area contributed by atoms with E-state index in [1.807, 2.05) is 6.92 Å². The Kier molecular flexibility index (Phi) is 4.85. The van der Waals surface area contributed by atoms with Gasteiger partial charge in [0.25, 0.3) is 0 Å². The second kappa shape index (κ2) is 6.84. The highest BCUT2D eigenvalue weighted by Crippen LogP contribution is 2.37. The van der Waals surface area contributed by atoms with Crippen LogP contribution in [-0.2, 0) is 5.60 Å². The Morgan fingerprint density at radius 3 is 2.70 bits per heavy atom. The highest BCUT2D eigenvalue weighted by molar-refractivity contribution is 5.88. The Balaban J connectivity index is 1.72. The van der Waals surface area contributed by atoms with Gasteiger partial charge in [0.05, 0.1) is 11.4 Å². The van der Waals surface area contributed by atoms with Gasteiger partial charge in [-0.3, -0.25) is 10.3 Å². The number of nitrogens with zero attached hydrogens (tertiary/aromatic N) is 3. The van der Waals surface area contributed by atoms with Crippen molar-refractivity contribution in [2.45, 2.75) is 44.5 Å². The topological polar surface area (TPSA) is 92.1 Å². The molecule has 1 unspecified atom stereocenters. The number of amides is 2. The number of rotatable bonds is 5. The van der Waals surface area contributed by atoms with E-state index in [1.165, 1.54) is 23.0 Å². The maximum Gasteiger partial charge on any atom is 0.422 e. The van der Waals surface area contributed by atoms with E-state index < -0.39 is 23.5 Å². The van der Waals surface area contributed by atoms with Crippen LogP contribution in [0.15, 0.2) is 30.6 Å². The van der Waals surface area contributed by atoms with Gasteiger partial charge in [0.2, 0.25) is 0 Å². The van der Waals surface area contributed by atoms with Crippen LogP contribution in [0.3, 0.4) is 0 Å². The standard InChI is InChI=1S/C17H20F3N5O2/c1-10(11-3-4-11)22-15(26)23-14-6-8-25(24-14)12-5-7-21-13(9-12)16(2,27)17(18,19)20/h5-11,27H,3-4H2,1-2H3,(H2,22,23,24,26)/t10-,16?/m0/s1. The number of nitrogens with one attached hydrogen (secondary N) is 2. The van der Waals surface area contributed by atoms with Crippen molar-refractivity contribution in [1.29, 1.82) is 0 Å². The number of hydrogen-bond acceptors (Lipinski definition) is 4. The fraction of sp³-hybridized carbons (Fsp3) is 0.471. The molecule has 0 saturated heterocycles. The van der Waals surface area contributed by atoms with Crippen LogP contribution < -0.4 is 10.6 Å². The molecule has 1 aliphatic carbocycles. The minimum absolute atomic E-state index is 0.0689. The van der Waals surface area contributed by atoms with Crippen LogP contribution in [0.25, 0.3) is 5.69 Å². The van der Waals surface area contributed by atoms with Crippen molar-refractivity contribution in [2.24, 2.45) is 5.92 Å². The van der Waals surface area contributed by atoms with E-state index in [9.17, 15) is 23.1 Å². The lowest BCUT2D eigenvalue weighted by Gasteiger charge is -2.25. The van der Waals surface area contributed by atoms with E-state index in [0.717, 1.165) is 25.1 Å². The van der Waals surface area contributed by atoms with Crippen LogP contribution >= 0.6 is 0 Å². The molecule has 146 valence electrons. The Morgan fingerprint density at radius 2 is 2.07 bits per heavy atom. The van der Waals surface area contributed by atoms with Crippen LogP contribution in [-0.4, -0.2) is 38.1 Å². The monoisotopic (exact) mass is 383 g/mol. The summed E-state index contributed by atoms with van der Waals surface area (Å²) >= 11 is 0. The summed E-state index contributed by atoms with van der Waals surface area (Å²) in [6.45, 7) is 2.57. The van der Waals surface area contributed by atoms with Gasteiger partial charge in [0.1, 0.15) is 0 Å². The first kappa shape index (κ1) is 19.2. The summed E-state index contributed by atoms with van der Waals surface area (Å²) in [5.41, 5.74) is -3.37. The lowest BCUT2D eigenvalue weighted by molar-refractivity contribution is -0.260. The maximum absolute atomic E-state index is 13.0. The van der Waals surface area contributed by atoms with Gasteiger partial charge in [0, 0.05) is 24.5 Å². The van der Waals surface area contributed by atoms with E-state index >= 15 is 0 Å². The predicted molar refractivity (Wildman–Crippen MR) is 91.3 cm³/mol. The first-order valence-electron chi connectivity index (χ1n) is 8.47. The Hall–Kier alpha value is -2.62. The lowest BCUT2D eigenvalue weighted by Crippen LogP contribution is -2.40. The number of carbonyl (C=O) groups is 1. The Morgan fingerprint density at radius 1 is 1.37 bits per heavy atom. The number of pyridine rings is 1. The third-order valence-corrected chi connectivity index (χ3v) is 4.58. The van der Waals surface area contributed by atoms with Gasteiger partial charge in [-0.2, -0.15) is 13.2 Å². The molecule has 0 spiro atoms. The number of carbonyl (C=O) groups excluding carboxylic acids is 1. The highest BCUT2D eigenvalue weighted by Gasteiger charge is 2.52. The van der Waals surface area contributed by atoms with E-state index in [1.54, 1.807) is 0 Å². The molecule has 2 aromatic rings. The van der Waals surface area contributed by atoms with Gasteiger partial charge in [-0.15, -0.1) is 5.10 Å². The number of anilines is 1. The summed E-state index contributed by atoms with van der Waals surface area (Å²) in [4.78, 5) is 15.6. The second-order valence-corrected chi connectivity index (χ2v) is 6.84. The van der Waals surface area contributed by atoms with Crippen molar-refractivity contribution in [2.75, 3.05) is 5.32 Å². The molecule has 10 heteroatoms. The highest BCUT2D eigenvalue weighted by atomic mass is 19.4. The number of urea groups is 1. The molecule has 3 rings (SSSR count). The number of hydrogen-bond donors (Lipinski definition) is 3. The quantitative estimate of drug-likeness (QED) is 0.740. The predicted octanol–water partition coefficient (Wildman–Crippen LogP) is 2.96. The number of aliphatic hydroxyl groups is 1. The van der Waals surface area contributed by atoms with Crippen LogP contribution in [0.1, 0.15) is 32.4 Å². The fourth-order valence-corrected chi connectivity index (χ4v) is 2.58. The average molecular weight is 383 g/mol. The van der Waals surface area contributed by atoms with Crippen LogP contribution in [0.2, 0.25) is 0 Å².